The Bertz CT molecular complexity index is 367. The van der Waals surface area contributed by atoms with Crippen molar-refractivity contribution in [3.05, 3.63) is 35.6 Å². The Morgan fingerprint density at radius 1 is 1.28 bits per heavy atom. The number of hydrogen-bond acceptors (Lipinski definition) is 2. The molecule has 18 heavy (non-hydrogen) atoms. The topological polar surface area (TPSA) is 21.3 Å². The van der Waals surface area contributed by atoms with Gasteiger partial charge in [-0.05, 0) is 13.0 Å². The zero-order chi connectivity index (χ0) is 13.6. The summed E-state index contributed by atoms with van der Waals surface area (Å²) in [7, 11) is 0. The highest BCUT2D eigenvalue weighted by Gasteiger charge is 2.26. The van der Waals surface area contributed by atoms with Gasteiger partial charge in [0.2, 0.25) is 0 Å². The van der Waals surface area contributed by atoms with Gasteiger partial charge in [-0.15, -0.1) is 0 Å². The quantitative estimate of drug-likeness (QED) is 0.798. The van der Waals surface area contributed by atoms with Crippen molar-refractivity contribution in [3.8, 4) is 0 Å². The molecule has 0 saturated heterocycles. The van der Waals surface area contributed by atoms with Crippen LogP contribution < -0.4 is 5.32 Å². The first-order valence-electron chi connectivity index (χ1n) is 5.51. The van der Waals surface area contributed by atoms with Gasteiger partial charge < -0.3 is 10.1 Å². The summed E-state index contributed by atoms with van der Waals surface area (Å²) >= 11 is 0. The standard InChI is InChI=1S/C12H15F4NO/c1-9(6-17-8-12(14,15)16)18-7-10-4-2-3-5-11(10)13/h2-5,9,17H,6-8H2,1H3. The second-order valence-corrected chi connectivity index (χ2v) is 3.96. The summed E-state index contributed by atoms with van der Waals surface area (Å²) in [5.74, 6) is -0.382. The fraction of sp³-hybridized carbons (Fsp3) is 0.500. The van der Waals surface area contributed by atoms with E-state index in [0.717, 1.165) is 0 Å². The summed E-state index contributed by atoms with van der Waals surface area (Å²) < 4.78 is 54.0. The van der Waals surface area contributed by atoms with Crippen LogP contribution >= 0.6 is 0 Å². The maximum Gasteiger partial charge on any atom is 0.401 e. The molecule has 0 aliphatic rings. The van der Waals surface area contributed by atoms with Crippen LogP contribution in [0, 0.1) is 5.82 Å². The predicted molar refractivity (Wildman–Crippen MR) is 59.6 cm³/mol. The number of hydrogen-bond donors (Lipinski definition) is 1. The molecule has 1 aromatic carbocycles. The second kappa shape index (κ2) is 6.70. The molecule has 0 spiro atoms. The molecule has 1 rings (SSSR count). The zero-order valence-electron chi connectivity index (χ0n) is 9.93. The van der Waals surface area contributed by atoms with E-state index in [1.807, 2.05) is 0 Å². The summed E-state index contributed by atoms with van der Waals surface area (Å²) in [6.45, 7) is 0.681. The lowest BCUT2D eigenvalue weighted by molar-refractivity contribution is -0.125. The van der Waals surface area contributed by atoms with Crippen LogP contribution in [0.5, 0.6) is 0 Å². The molecule has 102 valence electrons. The number of benzene rings is 1. The van der Waals surface area contributed by atoms with Crippen molar-refractivity contribution in [2.45, 2.75) is 25.8 Å². The van der Waals surface area contributed by atoms with Gasteiger partial charge in [0.05, 0.1) is 19.3 Å². The van der Waals surface area contributed by atoms with E-state index in [2.05, 4.69) is 5.32 Å². The Kier molecular flexibility index (Phi) is 5.55. The van der Waals surface area contributed by atoms with Crippen LogP contribution in [0.1, 0.15) is 12.5 Å². The Balaban J connectivity index is 2.25. The molecule has 1 N–H and O–H groups in total. The normalized spacial score (nSPS) is 13.6. The van der Waals surface area contributed by atoms with Crippen molar-refractivity contribution >= 4 is 0 Å². The van der Waals surface area contributed by atoms with E-state index in [9.17, 15) is 17.6 Å². The Morgan fingerprint density at radius 2 is 1.94 bits per heavy atom. The lowest BCUT2D eigenvalue weighted by Gasteiger charge is -2.15. The molecule has 1 unspecified atom stereocenters. The minimum absolute atomic E-state index is 0.0432. The van der Waals surface area contributed by atoms with Crippen LogP contribution in [0.2, 0.25) is 0 Å². The van der Waals surface area contributed by atoms with Crippen LogP contribution in [-0.2, 0) is 11.3 Å². The fourth-order valence-electron chi connectivity index (χ4n) is 1.32. The van der Waals surface area contributed by atoms with Crippen molar-refractivity contribution in [2.24, 2.45) is 0 Å². The molecular weight excluding hydrogens is 250 g/mol. The molecule has 0 amide bonds. The molecule has 0 aromatic heterocycles. The smallest absolute Gasteiger partial charge is 0.372 e. The van der Waals surface area contributed by atoms with E-state index < -0.39 is 18.8 Å². The largest absolute Gasteiger partial charge is 0.401 e. The summed E-state index contributed by atoms with van der Waals surface area (Å²) in [5.41, 5.74) is 0.389. The lowest BCUT2D eigenvalue weighted by atomic mass is 10.2. The van der Waals surface area contributed by atoms with E-state index >= 15 is 0 Å². The molecule has 0 fully saturated rings. The molecule has 6 heteroatoms. The van der Waals surface area contributed by atoms with Crippen LogP contribution in [0.4, 0.5) is 17.6 Å². The molecule has 0 heterocycles. The van der Waals surface area contributed by atoms with Gasteiger partial charge in [-0.2, -0.15) is 13.2 Å². The Morgan fingerprint density at radius 3 is 2.56 bits per heavy atom. The molecular formula is C12H15F4NO. The van der Waals surface area contributed by atoms with Gasteiger partial charge in [0, 0.05) is 12.1 Å². The number of nitrogens with one attached hydrogen (secondary N) is 1. The highest BCUT2D eigenvalue weighted by molar-refractivity contribution is 5.16. The second-order valence-electron chi connectivity index (χ2n) is 3.96. The van der Waals surface area contributed by atoms with Crippen molar-refractivity contribution in [1.29, 1.82) is 0 Å². The lowest BCUT2D eigenvalue weighted by Crippen LogP contribution is -2.34. The van der Waals surface area contributed by atoms with Crippen molar-refractivity contribution in [3.63, 3.8) is 0 Å². The first-order valence-corrected chi connectivity index (χ1v) is 5.51. The molecule has 0 aliphatic carbocycles. The average Bonchev–Trinajstić information content (AvgIpc) is 2.26. The average molecular weight is 265 g/mol. The van der Waals surface area contributed by atoms with Crippen molar-refractivity contribution in [1.82, 2.24) is 5.32 Å². The molecule has 0 saturated carbocycles. The molecule has 1 aromatic rings. The molecule has 1 atom stereocenters. The summed E-state index contributed by atoms with van der Waals surface area (Å²) in [4.78, 5) is 0. The van der Waals surface area contributed by atoms with Crippen LogP contribution in [0.15, 0.2) is 24.3 Å². The Labute approximate surface area is 103 Å². The summed E-state index contributed by atoms with van der Waals surface area (Å²) in [6.07, 6.45) is -4.66. The summed E-state index contributed by atoms with van der Waals surface area (Å²) in [5, 5.41) is 2.23. The van der Waals surface area contributed by atoms with E-state index in [1.54, 1.807) is 25.1 Å². The van der Waals surface area contributed by atoms with Gasteiger partial charge in [0.15, 0.2) is 0 Å². The van der Waals surface area contributed by atoms with Crippen LogP contribution in [-0.4, -0.2) is 25.4 Å². The van der Waals surface area contributed by atoms with Crippen LogP contribution in [0.3, 0.4) is 0 Å². The van der Waals surface area contributed by atoms with Gasteiger partial charge in [-0.25, -0.2) is 4.39 Å². The Hall–Kier alpha value is -1.14. The molecule has 0 radical (unpaired) electrons. The van der Waals surface area contributed by atoms with Gasteiger partial charge in [-0.3, -0.25) is 0 Å². The maximum absolute atomic E-state index is 13.2. The zero-order valence-corrected chi connectivity index (χ0v) is 9.93. The van der Waals surface area contributed by atoms with Crippen molar-refractivity contribution < 1.29 is 22.3 Å². The third-order valence-electron chi connectivity index (χ3n) is 2.24. The minimum atomic E-state index is -4.23. The number of alkyl halides is 3. The third kappa shape index (κ3) is 5.97. The van der Waals surface area contributed by atoms with E-state index in [-0.39, 0.29) is 19.0 Å². The summed E-state index contributed by atoms with van der Waals surface area (Å²) in [6, 6.07) is 6.12. The molecule has 0 aliphatic heterocycles. The van der Waals surface area contributed by atoms with E-state index in [4.69, 9.17) is 4.74 Å². The first-order chi connectivity index (χ1) is 8.38. The minimum Gasteiger partial charge on any atom is -0.372 e. The van der Waals surface area contributed by atoms with Gasteiger partial charge in [-0.1, -0.05) is 18.2 Å². The highest BCUT2D eigenvalue weighted by atomic mass is 19.4. The number of halogens is 4. The SMILES string of the molecule is CC(CNCC(F)(F)F)OCc1ccccc1F. The predicted octanol–water partition coefficient (Wildman–Crippen LogP) is 2.88. The monoisotopic (exact) mass is 265 g/mol. The van der Waals surface area contributed by atoms with E-state index in [0.29, 0.717) is 5.56 Å². The van der Waals surface area contributed by atoms with E-state index in [1.165, 1.54) is 6.07 Å². The van der Waals surface area contributed by atoms with Crippen molar-refractivity contribution in [2.75, 3.05) is 13.1 Å². The maximum atomic E-state index is 13.2. The van der Waals surface area contributed by atoms with Gasteiger partial charge in [0.1, 0.15) is 5.82 Å². The molecule has 2 nitrogen and oxygen atoms in total. The fourth-order valence-corrected chi connectivity index (χ4v) is 1.32. The van der Waals surface area contributed by atoms with Gasteiger partial charge in [0.25, 0.3) is 0 Å². The number of rotatable bonds is 6. The third-order valence-corrected chi connectivity index (χ3v) is 2.24. The van der Waals surface area contributed by atoms with Gasteiger partial charge >= 0.3 is 6.18 Å². The van der Waals surface area contributed by atoms with Crippen LogP contribution in [0.25, 0.3) is 0 Å². The number of ether oxygens (including phenoxy) is 1. The molecule has 0 bridgehead atoms. The highest BCUT2D eigenvalue weighted by Crippen LogP contribution is 2.12. The first kappa shape index (κ1) is 14.9.